The number of hydrogen-bond donors (Lipinski definition) is 3. The largest absolute Gasteiger partial charge is 0.486 e. The number of carbonyl (C=O) groups excluding carboxylic acids is 2. The summed E-state index contributed by atoms with van der Waals surface area (Å²) in [6.07, 6.45) is 0. The van der Waals surface area contributed by atoms with Gasteiger partial charge < -0.3 is 20.1 Å². The van der Waals surface area contributed by atoms with E-state index in [2.05, 4.69) is 15.4 Å². The number of nitrogens with one attached hydrogen (secondary N) is 3. The fourth-order valence-corrected chi connectivity index (χ4v) is 4.34. The van der Waals surface area contributed by atoms with Gasteiger partial charge in [-0.1, -0.05) is 13.8 Å². The number of fused-ring (bicyclic) bond motifs is 1. The van der Waals surface area contributed by atoms with Crippen molar-refractivity contribution in [2.24, 2.45) is 5.92 Å². The molecule has 0 bridgehead atoms. The number of amides is 2. The van der Waals surface area contributed by atoms with Crippen molar-refractivity contribution in [3.8, 4) is 11.5 Å². The zero-order valence-corrected chi connectivity index (χ0v) is 18.3. The molecule has 10 heteroatoms. The lowest BCUT2D eigenvalue weighted by Gasteiger charge is -2.23. The molecule has 0 saturated heterocycles. The third-order valence-electron chi connectivity index (χ3n) is 4.53. The molecule has 1 aliphatic heterocycles. The van der Waals surface area contributed by atoms with Crippen molar-refractivity contribution in [1.29, 1.82) is 0 Å². The van der Waals surface area contributed by atoms with Gasteiger partial charge in [0.05, 0.1) is 4.90 Å². The Labute approximate surface area is 181 Å². The highest BCUT2D eigenvalue weighted by atomic mass is 32.2. The Kier molecular flexibility index (Phi) is 6.81. The van der Waals surface area contributed by atoms with Crippen LogP contribution in [0.5, 0.6) is 11.5 Å². The Morgan fingerprint density at radius 3 is 2.06 bits per heavy atom. The molecule has 1 heterocycles. The number of sulfonamides is 1. The Morgan fingerprint density at radius 1 is 0.903 bits per heavy atom. The minimum atomic E-state index is -3.99. The Morgan fingerprint density at radius 2 is 1.48 bits per heavy atom. The number of ether oxygens (including phenoxy) is 2. The van der Waals surface area contributed by atoms with Crippen LogP contribution in [0.15, 0.2) is 47.4 Å². The van der Waals surface area contributed by atoms with Crippen molar-refractivity contribution >= 4 is 33.2 Å². The molecule has 2 amide bonds. The van der Waals surface area contributed by atoms with Gasteiger partial charge in [-0.05, 0) is 42.3 Å². The van der Waals surface area contributed by atoms with E-state index in [0.717, 1.165) is 0 Å². The van der Waals surface area contributed by atoms with Crippen LogP contribution < -0.4 is 24.8 Å². The number of benzene rings is 2. The second-order valence-corrected chi connectivity index (χ2v) is 9.11. The highest BCUT2D eigenvalue weighted by molar-refractivity contribution is 7.89. The molecule has 1 atom stereocenters. The molecule has 2 aromatic carbocycles. The lowest BCUT2D eigenvalue weighted by atomic mass is 10.0. The van der Waals surface area contributed by atoms with Crippen LogP contribution in [0.25, 0.3) is 0 Å². The summed E-state index contributed by atoms with van der Waals surface area (Å²) in [7, 11) is -3.99. The van der Waals surface area contributed by atoms with Crippen LogP contribution >= 0.6 is 0 Å². The third kappa shape index (κ3) is 5.74. The summed E-state index contributed by atoms with van der Waals surface area (Å²) in [5.74, 6) is -0.191. The average Bonchev–Trinajstić information content (AvgIpc) is 2.72. The maximum atomic E-state index is 12.9. The van der Waals surface area contributed by atoms with Crippen molar-refractivity contribution in [3.63, 3.8) is 0 Å². The van der Waals surface area contributed by atoms with Crippen molar-refractivity contribution in [1.82, 2.24) is 4.72 Å². The van der Waals surface area contributed by atoms with Gasteiger partial charge in [0.25, 0.3) is 0 Å². The normalized spacial score (nSPS) is 14.1. The van der Waals surface area contributed by atoms with Crippen LogP contribution in [0.3, 0.4) is 0 Å². The van der Waals surface area contributed by atoms with Crippen LogP contribution in [-0.2, 0) is 19.6 Å². The lowest BCUT2D eigenvalue weighted by molar-refractivity contribution is -0.118. The molecule has 0 aliphatic carbocycles. The highest BCUT2D eigenvalue weighted by Crippen LogP contribution is 2.32. The summed E-state index contributed by atoms with van der Waals surface area (Å²) in [6.45, 7) is 5.63. The first-order chi connectivity index (χ1) is 14.7. The van der Waals surface area contributed by atoms with E-state index in [0.29, 0.717) is 36.1 Å². The van der Waals surface area contributed by atoms with E-state index >= 15 is 0 Å². The van der Waals surface area contributed by atoms with E-state index < -0.39 is 22.0 Å². The van der Waals surface area contributed by atoms with Gasteiger partial charge in [0.1, 0.15) is 19.3 Å². The van der Waals surface area contributed by atoms with E-state index in [1.54, 1.807) is 38.1 Å². The smallest absolute Gasteiger partial charge is 0.242 e. The first kappa shape index (κ1) is 22.6. The molecule has 0 spiro atoms. The predicted molar refractivity (Wildman–Crippen MR) is 116 cm³/mol. The van der Waals surface area contributed by atoms with Gasteiger partial charge in [0, 0.05) is 24.4 Å². The highest BCUT2D eigenvalue weighted by Gasteiger charge is 2.29. The van der Waals surface area contributed by atoms with E-state index in [1.165, 1.54) is 25.1 Å². The van der Waals surface area contributed by atoms with Crippen LogP contribution in [0.4, 0.5) is 11.4 Å². The monoisotopic (exact) mass is 447 g/mol. The summed E-state index contributed by atoms with van der Waals surface area (Å²) in [6, 6.07) is 9.84. The third-order valence-corrected chi connectivity index (χ3v) is 5.97. The first-order valence-electron chi connectivity index (χ1n) is 9.76. The molecule has 0 radical (unpaired) electrons. The Hall–Kier alpha value is -3.11. The second kappa shape index (κ2) is 9.36. The van der Waals surface area contributed by atoms with Crippen molar-refractivity contribution in [2.45, 2.75) is 31.7 Å². The average molecular weight is 448 g/mol. The molecule has 166 valence electrons. The Bertz CT molecular complexity index is 1070. The van der Waals surface area contributed by atoms with E-state index in [1.807, 2.05) is 0 Å². The van der Waals surface area contributed by atoms with Gasteiger partial charge in [-0.25, -0.2) is 8.42 Å². The Balaban J connectivity index is 1.74. The summed E-state index contributed by atoms with van der Waals surface area (Å²) in [5.41, 5.74) is 1.06. The number of carbonyl (C=O) groups is 2. The summed E-state index contributed by atoms with van der Waals surface area (Å²) in [4.78, 5) is 23.9. The zero-order chi connectivity index (χ0) is 22.6. The van der Waals surface area contributed by atoms with Gasteiger partial charge in [0.15, 0.2) is 11.5 Å². The molecular weight excluding hydrogens is 422 g/mol. The first-order valence-corrected chi connectivity index (χ1v) is 11.2. The molecule has 2 aromatic rings. The van der Waals surface area contributed by atoms with E-state index in [4.69, 9.17) is 9.47 Å². The van der Waals surface area contributed by atoms with Gasteiger partial charge in [-0.3, -0.25) is 9.59 Å². The molecule has 0 fully saturated rings. The molecule has 0 aromatic heterocycles. The van der Waals surface area contributed by atoms with Crippen molar-refractivity contribution < 1.29 is 27.5 Å². The molecule has 3 rings (SSSR count). The molecule has 0 saturated carbocycles. The number of hydrogen-bond acceptors (Lipinski definition) is 6. The van der Waals surface area contributed by atoms with Gasteiger partial charge in [-0.2, -0.15) is 4.72 Å². The summed E-state index contributed by atoms with van der Waals surface area (Å²) < 4.78 is 39.2. The van der Waals surface area contributed by atoms with Crippen LogP contribution in [0.1, 0.15) is 20.8 Å². The molecular formula is C21H25N3O6S. The molecule has 1 aliphatic rings. The second-order valence-electron chi connectivity index (χ2n) is 7.40. The van der Waals surface area contributed by atoms with Gasteiger partial charge in [0.2, 0.25) is 21.8 Å². The topological polar surface area (TPSA) is 123 Å². The number of anilines is 2. The lowest BCUT2D eigenvalue weighted by Crippen LogP contribution is -2.47. The summed E-state index contributed by atoms with van der Waals surface area (Å²) >= 11 is 0. The fraction of sp³-hybridized carbons (Fsp3) is 0.333. The van der Waals surface area contributed by atoms with E-state index in [9.17, 15) is 18.0 Å². The minimum Gasteiger partial charge on any atom is -0.486 e. The molecule has 31 heavy (non-hydrogen) atoms. The van der Waals surface area contributed by atoms with Crippen molar-refractivity contribution in [3.05, 3.63) is 42.5 Å². The van der Waals surface area contributed by atoms with Crippen molar-refractivity contribution in [2.75, 3.05) is 23.8 Å². The predicted octanol–water partition coefficient (Wildman–Crippen LogP) is 2.36. The zero-order valence-electron chi connectivity index (χ0n) is 17.5. The van der Waals surface area contributed by atoms with Gasteiger partial charge >= 0.3 is 0 Å². The SMILES string of the molecule is CC(=O)Nc1ccc(NC(=O)[C@H](NS(=O)(=O)c2ccc3c(c2)OCCO3)C(C)C)cc1. The molecule has 0 unspecified atom stereocenters. The molecule has 9 nitrogen and oxygen atoms in total. The number of rotatable bonds is 7. The summed E-state index contributed by atoms with van der Waals surface area (Å²) in [5, 5.41) is 5.34. The van der Waals surface area contributed by atoms with Crippen LogP contribution in [0, 0.1) is 5.92 Å². The van der Waals surface area contributed by atoms with E-state index in [-0.39, 0.29) is 16.7 Å². The quantitative estimate of drug-likeness (QED) is 0.599. The van der Waals surface area contributed by atoms with Gasteiger partial charge in [-0.15, -0.1) is 0 Å². The maximum Gasteiger partial charge on any atom is 0.242 e. The molecule has 3 N–H and O–H groups in total. The fourth-order valence-electron chi connectivity index (χ4n) is 2.98. The maximum absolute atomic E-state index is 12.9. The van der Waals surface area contributed by atoms with Crippen LogP contribution in [0.2, 0.25) is 0 Å². The van der Waals surface area contributed by atoms with Crippen LogP contribution in [-0.4, -0.2) is 39.5 Å². The standard InChI is InChI=1S/C21H25N3O6S/c1-13(2)20(21(26)23-16-6-4-15(5-7-16)22-14(3)25)24-31(27,28)17-8-9-18-19(12-17)30-11-10-29-18/h4-9,12-13,20,24H,10-11H2,1-3H3,(H,22,25)(H,23,26)/t20-/m1/s1. The minimum absolute atomic E-state index is 0.0186.